The van der Waals surface area contributed by atoms with E-state index < -0.39 is 17.5 Å². The molecule has 0 radical (unpaired) electrons. The van der Waals surface area contributed by atoms with Crippen molar-refractivity contribution in [1.82, 2.24) is 0 Å². The molecule has 1 rings (SSSR count). The molecule has 0 fully saturated rings. The summed E-state index contributed by atoms with van der Waals surface area (Å²) in [4.78, 5) is 8.54. The van der Waals surface area contributed by atoms with E-state index >= 15 is 0 Å². The lowest BCUT2D eigenvalue weighted by atomic mass is 10.1. The Morgan fingerprint density at radius 3 is 2.53 bits per heavy atom. The molecule has 0 aromatic heterocycles. The average Bonchev–Trinajstić information content (AvgIpc) is 2.28. The highest BCUT2D eigenvalue weighted by Crippen LogP contribution is 2.16. The number of aryl methyl sites for hydroxylation is 1. The predicted molar refractivity (Wildman–Crippen MR) is 67.9 cm³/mol. The number of rotatable bonds is 7. The highest BCUT2D eigenvalue weighted by atomic mass is 28.4. The fourth-order valence-corrected chi connectivity index (χ4v) is 3.85. The van der Waals surface area contributed by atoms with Gasteiger partial charge in [0.25, 0.3) is 0 Å². The lowest BCUT2D eigenvalue weighted by Gasteiger charge is -2.19. The lowest BCUT2D eigenvalue weighted by molar-refractivity contribution is -0.137. The van der Waals surface area contributed by atoms with Gasteiger partial charge in [-0.2, -0.15) is 0 Å². The van der Waals surface area contributed by atoms with Gasteiger partial charge in [0.2, 0.25) is 8.32 Å². The van der Waals surface area contributed by atoms with Gasteiger partial charge >= 0.3 is 9.17 Å². The van der Waals surface area contributed by atoms with Gasteiger partial charge in [-0.05, 0) is 37.5 Å². The smallest absolute Gasteiger partial charge is 0.510 e. The van der Waals surface area contributed by atoms with Crippen LogP contribution in [-0.2, 0) is 20.0 Å². The van der Waals surface area contributed by atoms with Crippen LogP contribution in [0.15, 0.2) is 30.3 Å². The summed E-state index contributed by atoms with van der Waals surface area (Å²) < 4.78 is 19.8. The van der Waals surface area contributed by atoms with Crippen LogP contribution in [0.5, 0.6) is 0 Å². The lowest BCUT2D eigenvalue weighted by Crippen LogP contribution is -2.32. The molecule has 0 saturated heterocycles. The van der Waals surface area contributed by atoms with Gasteiger partial charge in [-0.3, -0.25) is 9.04 Å². The highest BCUT2D eigenvalue weighted by Gasteiger charge is 2.26. The van der Waals surface area contributed by atoms with Crippen LogP contribution in [0.1, 0.15) is 12.0 Å². The zero-order valence-corrected chi connectivity index (χ0v) is 12.2. The van der Waals surface area contributed by atoms with Crippen molar-refractivity contribution in [3.63, 3.8) is 0 Å². The normalized spacial score (nSPS) is 11.2. The molecule has 1 aromatic rings. The maximum atomic E-state index is 10.4. The maximum Gasteiger partial charge on any atom is 0.797 e. The second kappa shape index (κ2) is 6.68. The van der Waals surface area contributed by atoms with Crippen LogP contribution < -0.4 is 0 Å². The Balaban J connectivity index is 2.27. The monoisotopic (exact) mass is 270 g/mol. The third kappa shape index (κ3) is 6.35. The van der Waals surface area contributed by atoms with Crippen molar-refractivity contribution in [3.8, 4) is 0 Å². The summed E-state index contributed by atoms with van der Waals surface area (Å²) >= 11 is 0. The van der Waals surface area contributed by atoms with E-state index in [0.717, 1.165) is 18.9 Å². The Morgan fingerprint density at radius 1 is 1.29 bits per heavy atom. The molecule has 0 amide bonds. The van der Waals surface area contributed by atoms with Crippen molar-refractivity contribution in [1.29, 1.82) is 0 Å². The van der Waals surface area contributed by atoms with Crippen LogP contribution >= 0.6 is 0 Å². The van der Waals surface area contributed by atoms with E-state index in [0.29, 0.717) is 0 Å². The largest absolute Gasteiger partial charge is 0.797 e. The number of hydrogen-bond acceptors (Lipinski definition) is 3. The van der Waals surface area contributed by atoms with Gasteiger partial charge in [-0.25, -0.2) is 0 Å². The molecule has 0 bridgehead atoms. The van der Waals surface area contributed by atoms with E-state index in [1.54, 1.807) is 0 Å². The van der Waals surface area contributed by atoms with Crippen LogP contribution in [0.2, 0.25) is 19.1 Å². The van der Waals surface area contributed by atoms with Crippen molar-refractivity contribution in [2.75, 3.05) is 0 Å². The fraction of sp³-hybridized carbons (Fsp3) is 0.455. The van der Waals surface area contributed by atoms with Crippen molar-refractivity contribution in [2.45, 2.75) is 32.0 Å². The van der Waals surface area contributed by atoms with Crippen molar-refractivity contribution < 1.29 is 18.4 Å². The molecule has 1 aromatic carbocycles. The topological polar surface area (TPSA) is 55.8 Å². The molecule has 0 spiro atoms. The van der Waals surface area contributed by atoms with Crippen LogP contribution in [0, 0.1) is 0 Å². The zero-order valence-electron chi connectivity index (χ0n) is 10.2. The van der Waals surface area contributed by atoms with E-state index in [1.165, 1.54) is 5.56 Å². The van der Waals surface area contributed by atoms with Crippen LogP contribution in [0.3, 0.4) is 0 Å². The first-order valence-electron chi connectivity index (χ1n) is 5.62. The van der Waals surface area contributed by atoms with Crippen molar-refractivity contribution in [3.05, 3.63) is 35.9 Å². The first kappa shape index (κ1) is 14.1. The summed E-state index contributed by atoms with van der Waals surface area (Å²) in [5, 5.41) is 0. The van der Waals surface area contributed by atoms with Gasteiger partial charge in [0.1, 0.15) is 0 Å². The van der Waals surface area contributed by atoms with Gasteiger partial charge in [-0.15, -0.1) is 0 Å². The Bertz CT molecular complexity index is 354. The summed E-state index contributed by atoms with van der Waals surface area (Å²) in [5.41, 5.74) is 1.30. The Labute approximate surface area is 104 Å². The van der Waals surface area contributed by atoms with Crippen LogP contribution in [-0.4, -0.2) is 22.3 Å². The minimum Gasteiger partial charge on any atom is -0.510 e. The highest BCUT2D eigenvalue weighted by molar-refractivity contribution is 6.71. The third-order valence-electron chi connectivity index (χ3n) is 2.43. The zero-order chi connectivity index (χ0) is 12.7. The summed E-state index contributed by atoms with van der Waals surface area (Å²) in [5.74, 6) is 0. The molecular weight excluding hydrogens is 252 g/mol. The molecule has 0 aliphatic rings. The van der Waals surface area contributed by atoms with Gasteiger partial charge < -0.3 is 9.37 Å². The first-order valence-corrected chi connectivity index (χ1v) is 10.00. The Kier molecular flexibility index (Phi) is 5.53. The maximum absolute atomic E-state index is 10.4. The van der Waals surface area contributed by atoms with Gasteiger partial charge in [0.15, 0.2) is 0 Å². The van der Waals surface area contributed by atoms with E-state index in [2.05, 4.69) is 16.7 Å². The average molecular weight is 270 g/mol. The molecule has 0 atom stereocenters. The molecule has 6 heteroatoms. The molecule has 4 nitrogen and oxygen atoms in total. The standard InChI is InChI=1S/C11H18O4Si2/c1-17(2,15-14-16(12)13)10-6-9-11-7-4-3-5-8-11/h3-5,7-8,12H,6,9-10H2,1-2H3. The molecule has 0 heterocycles. The molecule has 1 N–H and O–H groups in total. The third-order valence-corrected chi connectivity index (χ3v) is 4.91. The van der Waals surface area contributed by atoms with Crippen molar-refractivity contribution in [2.24, 2.45) is 0 Å². The van der Waals surface area contributed by atoms with Crippen molar-refractivity contribution >= 4 is 17.5 Å². The number of benzene rings is 1. The minimum absolute atomic E-state index is 0.900. The van der Waals surface area contributed by atoms with Crippen LogP contribution in [0.25, 0.3) is 0 Å². The summed E-state index contributed by atoms with van der Waals surface area (Å²) in [7, 11) is -4.96. The minimum atomic E-state index is -2.98. The SMILES string of the molecule is C[Si](C)(CCCc1ccccc1)OO[Si](=O)O. The molecular formula is C11H18O4Si2. The van der Waals surface area contributed by atoms with Gasteiger partial charge in [0.05, 0.1) is 0 Å². The van der Waals surface area contributed by atoms with E-state index in [4.69, 9.17) is 9.37 Å². The van der Waals surface area contributed by atoms with E-state index in [-0.39, 0.29) is 0 Å². The molecule has 17 heavy (non-hydrogen) atoms. The second-order valence-corrected chi connectivity index (χ2v) is 9.42. The molecule has 0 saturated carbocycles. The Morgan fingerprint density at radius 2 is 1.94 bits per heavy atom. The van der Waals surface area contributed by atoms with Gasteiger partial charge in [-0.1, -0.05) is 30.3 Å². The molecule has 0 aliphatic heterocycles. The summed E-state index contributed by atoms with van der Waals surface area (Å²) in [6, 6.07) is 11.1. The molecule has 0 aliphatic carbocycles. The van der Waals surface area contributed by atoms with E-state index in [9.17, 15) is 4.46 Å². The summed E-state index contributed by atoms with van der Waals surface area (Å²) in [6.07, 6.45) is 1.99. The second-order valence-electron chi connectivity index (χ2n) is 4.53. The van der Waals surface area contributed by atoms with Crippen LogP contribution in [0.4, 0.5) is 0 Å². The molecule has 94 valence electrons. The quantitative estimate of drug-likeness (QED) is 0.469. The van der Waals surface area contributed by atoms with E-state index in [1.807, 2.05) is 31.3 Å². The first-order chi connectivity index (χ1) is 7.99. The summed E-state index contributed by atoms with van der Waals surface area (Å²) in [6.45, 7) is 3.95. The Hall–Kier alpha value is -0.986. The fourth-order valence-electron chi connectivity index (χ4n) is 1.55. The molecule has 0 unspecified atom stereocenters. The predicted octanol–water partition coefficient (Wildman–Crippen LogP) is 2.18. The van der Waals surface area contributed by atoms with Gasteiger partial charge in [0, 0.05) is 0 Å². The number of hydrogen-bond donors (Lipinski definition) is 1.